The topological polar surface area (TPSA) is 31.4 Å². The number of hydrogen-bond acceptors (Lipinski definition) is 3. The van der Waals surface area contributed by atoms with Crippen molar-refractivity contribution in [2.75, 3.05) is 6.61 Å². The van der Waals surface area contributed by atoms with Gasteiger partial charge in [-0.05, 0) is 85.7 Å². The molecule has 2 heterocycles. The van der Waals surface area contributed by atoms with Crippen LogP contribution in [0.1, 0.15) is 37.5 Å². The molecule has 0 N–H and O–H groups in total. The zero-order chi connectivity index (χ0) is 22.6. The van der Waals surface area contributed by atoms with E-state index in [1.54, 1.807) is 12.3 Å². The van der Waals surface area contributed by atoms with Gasteiger partial charge >= 0.3 is 0 Å². The van der Waals surface area contributed by atoms with E-state index in [4.69, 9.17) is 9.47 Å². The van der Waals surface area contributed by atoms with Crippen molar-refractivity contribution >= 4 is 21.7 Å². The average molecular weight is 433 g/mol. The van der Waals surface area contributed by atoms with Crippen molar-refractivity contribution in [1.82, 2.24) is 4.98 Å². The molecule has 4 aromatic rings. The van der Waals surface area contributed by atoms with Crippen molar-refractivity contribution in [2.24, 2.45) is 0 Å². The number of fused-ring (bicyclic) bond motifs is 1. The zero-order valence-corrected chi connectivity index (χ0v) is 18.7. The summed E-state index contributed by atoms with van der Waals surface area (Å²) in [4.78, 5) is 4.68. The maximum absolute atomic E-state index is 14.8. The molecule has 0 saturated heterocycles. The van der Waals surface area contributed by atoms with Gasteiger partial charge in [-0.1, -0.05) is 0 Å². The molecule has 5 rings (SSSR count). The molecule has 0 atom stereocenters. The van der Waals surface area contributed by atoms with Crippen LogP contribution in [-0.4, -0.2) is 17.2 Å². The summed E-state index contributed by atoms with van der Waals surface area (Å²) in [5, 5.41) is 1.86. The molecule has 3 aromatic carbocycles. The molecular weight excluding hydrogens is 408 g/mol. The summed E-state index contributed by atoms with van der Waals surface area (Å²) < 4.78 is 41.2. The molecule has 0 unspecified atom stereocenters. The summed E-state index contributed by atoms with van der Waals surface area (Å²) in [5.74, 6) is -0.395. The largest absolute Gasteiger partial charge is 0.493 e. The summed E-state index contributed by atoms with van der Waals surface area (Å²) in [5.41, 5.74) is 4.94. The number of aryl methyl sites for hydroxylation is 1. The van der Waals surface area contributed by atoms with Crippen LogP contribution in [0.5, 0.6) is 5.75 Å². The summed E-state index contributed by atoms with van der Waals surface area (Å²) in [6.45, 7) is 8.85. The Hall–Kier alpha value is -3.05. The number of pyridine rings is 1. The Labute approximate surface area is 186 Å². The number of nitrogens with zero attached hydrogens (tertiary/aromatic N) is 1. The SMILES string of the molecule is Cc1cc2c(F)cc(F)cc2c(-c2ccc3c4c(ccnc24)CCO3)c1COC(C)(C)C. The molecule has 1 aliphatic rings. The first-order chi connectivity index (χ1) is 15.2. The lowest BCUT2D eigenvalue weighted by Crippen LogP contribution is -2.19. The number of halogens is 2. The number of ether oxygens (including phenoxy) is 2. The molecule has 3 nitrogen and oxygen atoms in total. The van der Waals surface area contributed by atoms with E-state index in [0.29, 0.717) is 24.0 Å². The Morgan fingerprint density at radius 3 is 2.66 bits per heavy atom. The van der Waals surface area contributed by atoms with Crippen LogP contribution in [0.4, 0.5) is 8.78 Å². The first-order valence-corrected chi connectivity index (χ1v) is 10.8. The van der Waals surface area contributed by atoms with E-state index >= 15 is 0 Å². The van der Waals surface area contributed by atoms with Gasteiger partial charge in [-0.15, -0.1) is 0 Å². The lowest BCUT2D eigenvalue weighted by atomic mass is 9.88. The van der Waals surface area contributed by atoms with Gasteiger partial charge in [0, 0.05) is 35.0 Å². The molecule has 1 aromatic heterocycles. The fourth-order valence-corrected chi connectivity index (χ4v) is 4.49. The molecule has 164 valence electrons. The molecule has 5 heteroatoms. The van der Waals surface area contributed by atoms with Crippen molar-refractivity contribution in [3.63, 3.8) is 0 Å². The normalized spacial score (nSPS) is 13.6. The van der Waals surface area contributed by atoms with E-state index in [0.717, 1.165) is 51.4 Å². The highest BCUT2D eigenvalue weighted by atomic mass is 19.1. The molecule has 0 bridgehead atoms. The lowest BCUT2D eigenvalue weighted by molar-refractivity contribution is -0.0149. The summed E-state index contributed by atoms with van der Waals surface area (Å²) >= 11 is 0. The summed E-state index contributed by atoms with van der Waals surface area (Å²) in [6, 6.07) is 9.99. The van der Waals surface area contributed by atoms with Crippen molar-refractivity contribution in [3.8, 4) is 16.9 Å². The molecule has 0 fully saturated rings. The van der Waals surface area contributed by atoms with Crippen LogP contribution < -0.4 is 4.74 Å². The Kier molecular flexibility index (Phi) is 4.90. The van der Waals surface area contributed by atoms with E-state index in [-0.39, 0.29) is 5.60 Å². The first-order valence-electron chi connectivity index (χ1n) is 10.8. The van der Waals surface area contributed by atoms with Gasteiger partial charge in [0.1, 0.15) is 17.4 Å². The summed E-state index contributed by atoms with van der Waals surface area (Å²) in [7, 11) is 0. The predicted molar refractivity (Wildman–Crippen MR) is 123 cm³/mol. The fraction of sp³-hybridized carbons (Fsp3) is 0.296. The minimum Gasteiger partial charge on any atom is -0.493 e. The molecule has 0 radical (unpaired) electrons. The Bertz CT molecular complexity index is 1360. The van der Waals surface area contributed by atoms with Crippen LogP contribution in [0, 0.1) is 18.6 Å². The molecule has 0 saturated carbocycles. The standard InChI is InChI=1S/C27H25F2NO2/c1-15-11-19-20(12-17(28)13-22(19)29)25(21(15)14-32-27(2,3)4)18-5-6-23-24-16(8-10-31-23)7-9-30-26(18)24/h5-7,9,11-13H,8,10,14H2,1-4H3. The van der Waals surface area contributed by atoms with Crippen molar-refractivity contribution < 1.29 is 18.3 Å². The number of rotatable bonds is 3. The van der Waals surface area contributed by atoms with Crippen LogP contribution >= 0.6 is 0 Å². The van der Waals surface area contributed by atoms with Crippen LogP contribution in [0.2, 0.25) is 0 Å². The quantitative estimate of drug-likeness (QED) is 0.352. The number of benzene rings is 3. The van der Waals surface area contributed by atoms with E-state index in [9.17, 15) is 8.78 Å². The van der Waals surface area contributed by atoms with Crippen LogP contribution in [0.3, 0.4) is 0 Å². The van der Waals surface area contributed by atoms with Gasteiger partial charge in [-0.25, -0.2) is 8.78 Å². The highest BCUT2D eigenvalue weighted by molar-refractivity contribution is 6.08. The molecule has 0 aliphatic carbocycles. The number of aromatic nitrogens is 1. The van der Waals surface area contributed by atoms with Gasteiger partial charge < -0.3 is 9.47 Å². The van der Waals surface area contributed by atoms with Gasteiger partial charge in [-0.2, -0.15) is 0 Å². The van der Waals surface area contributed by atoms with Gasteiger partial charge in [0.25, 0.3) is 0 Å². The highest BCUT2D eigenvalue weighted by Crippen LogP contribution is 2.43. The van der Waals surface area contributed by atoms with E-state index in [2.05, 4.69) is 4.98 Å². The minimum atomic E-state index is -0.609. The van der Waals surface area contributed by atoms with Gasteiger partial charge in [-0.3, -0.25) is 4.98 Å². The molecule has 0 spiro atoms. The second kappa shape index (κ2) is 7.52. The third kappa shape index (κ3) is 3.51. The van der Waals surface area contributed by atoms with E-state index < -0.39 is 11.6 Å². The maximum atomic E-state index is 14.8. The predicted octanol–water partition coefficient (Wildman–Crippen LogP) is 6.89. The van der Waals surface area contributed by atoms with Gasteiger partial charge in [0.05, 0.1) is 24.3 Å². The Morgan fingerprint density at radius 2 is 1.88 bits per heavy atom. The van der Waals surface area contributed by atoms with E-state index in [1.807, 2.05) is 45.9 Å². The van der Waals surface area contributed by atoms with Crippen LogP contribution in [0.15, 0.2) is 42.6 Å². The minimum absolute atomic E-state index is 0.318. The van der Waals surface area contributed by atoms with Gasteiger partial charge in [0.15, 0.2) is 0 Å². The van der Waals surface area contributed by atoms with Crippen molar-refractivity contribution in [1.29, 1.82) is 0 Å². The molecular formula is C27H25F2NO2. The van der Waals surface area contributed by atoms with Gasteiger partial charge in [0.2, 0.25) is 0 Å². The maximum Gasteiger partial charge on any atom is 0.133 e. The van der Waals surface area contributed by atoms with Crippen LogP contribution in [0.25, 0.3) is 32.8 Å². The van der Waals surface area contributed by atoms with Crippen LogP contribution in [-0.2, 0) is 17.8 Å². The smallest absolute Gasteiger partial charge is 0.133 e. The third-order valence-corrected chi connectivity index (χ3v) is 5.99. The Morgan fingerprint density at radius 1 is 1.06 bits per heavy atom. The monoisotopic (exact) mass is 433 g/mol. The molecule has 32 heavy (non-hydrogen) atoms. The first kappa shape index (κ1) is 20.8. The second-order valence-electron chi connectivity index (χ2n) is 9.33. The number of hydrogen-bond donors (Lipinski definition) is 0. The third-order valence-electron chi connectivity index (χ3n) is 5.99. The van der Waals surface area contributed by atoms with E-state index in [1.165, 1.54) is 11.6 Å². The highest BCUT2D eigenvalue weighted by Gasteiger charge is 2.23. The average Bonchev–Trinajstić information content (AvgIpc) is 2.73. The van der Waals surface area contributed by atoms with Crippen molar-refractivity contribution in [2.45, 2.75) is 46.3 Å². The molecule has 0 amide bonds. The Balaban J connectivity index is 1.88. The fourth-order valence-electron chi connectivity index (χ4n) is 4.49. The summed E-state index contributed by atoms with van der Waals surface area (Å²) in [6.07, 6.45) is 2.59. The second-order valence-corrected chi connectivity index (χ2v) is 9.33. The zero-order valence-electron chi connectivity index (χ0n) is 18.7. The molecule has 1 aliphatic heterocycles. The van der Waals surface area contributed by atoms with Crippen molar-refractivity contribution in [3.05, 3.63) is 70.9 Å². The lowest BCUT2D eigenvalue weighted by Gasteiger charge is -2.24.